The quantitative estimate of drug-likeness (QED) is 0.837. The van der Waals surface area contributed by atoms with Gasteiger partial charge in [0.15, 0.2) is 0 Å². The number of likely N-dealkylation sites (tertiary alicyclic amines) is 1. The number of hydrogen-bond acceptors (Lipinski definition) is 3. The predicted molar refractivity (Wildman–Crippen MR) is 69.6 cm³/mol. The fourth-order valence-electron chi connectivity index (χ4n) is 3.36. The molecular weight excluding hydrogens is 246 g/mol. The van der Waals surface area contributed by atoms with Gasteiger partial charge in [-0.2, -0.15) is 0 Å². The molecule has 0 aromatic heterocycles. The molecule has 1 saturated heterocycles. The first-order valence-electron chi connectivity index (χ1n) is 7.14. The van der Waals surface area contributed by atoms with Crippen LogP contribution in [0.5, 0.6) is 0 Å². The van der Waals surface area contributed by atoms with Crippen molar-refractivity contribution in [2.45, 2.75) is 32.1 Å². The summed E-state index contributed by atoms with van der Waals surface area (Å²) in [5, 5.41) is 9.25. The number of carbonyl (C=O) groups excluding carboxylic acids is 1. The van der Waals surface area contributed by atoms with Crippen molar-refractivity contribution < 1.29 is 19.4 Å². The molecule has 1 N–H and O–H groups in total. The molecule has 3 atom stereocenters. The Labute approximate surface area is 113 Å². The van der Waals surface area contributed by atoms with Gasteiger partial charge in [0.2, 0.25) is 5.91 Å². The molecule has 2 fully saturated rings. The van der Waals surface area contributed by atoms with Crippen LogP contribution in [-0.4, -0.2) is 48.7 Å². The summed E-state index contributed by atoms with van der Waals surface area (Å²) in [4.78, 5) is 25.6. The van der Waals surface area contributed by atoms with Crippen molar-refractivity contribution in [3.63, 3.8) is 0 Å². The second-order valence-corrected chi connectivity index (χ2v) is 5.73. The van der Waals surface area contributed by atoms with Crippen LogP contribution in [0, 0.1) is 17.8 Å². The van der Waals surface area contributed by atoms with Gasteiger partial charge in [0, 0.05) is 26.1 Å². The molecule has 1 amide bonds. The lowest BCUT2D eigenvalue weighted by atomic mass is 9.78. The summed E-state index contributed by atoms with van der Waals surface area (Å²) in [7, 11) is 1.67. The van der Waals surface area contributed by atoms with Crippen LogP contribution in [0.15, 0.2) is 0 Å². The second-order valence-electron chi connectivity index (χ2n) is 5.73. The van der Waals surface area contributed by atoms with Crippen LogP contribution in [0.4, 0.5) is 0 Å². The molecule has 0 aromatic rings. The van der Waals surface area contributed by atoms with Crippen molar-refractivity contribution in [1.82, 2.24) is 4.90 Å². The molecule has 1 aliphatic heterocycles. The Bertz CT molecular complexity index is 344. The molecule has 1 unspecified atom stereocenters. The first kappa shape index (κ1) is 14.3. The van der Waals surface area contributed by atoms with Crippen LogP contribution in [0.2, 0.25) is 0 Å². The summed E-state index contributed by atoms with van der Waals surface area (Å²) in [6.07, 6.45) is 4.22. The Kier molecular flexibility index (Phi) is 4.80. The topological polar surface area (TPSA) is 66.8 Å². The molecule has 1 aliphatic carbocycles. The number of amides is 1. The fraction of sp³-hybridized carbons (Fsp3) is 0.857. The minimum Gasteiger partial charge on any atom is -0.481 e. The Morgan fingerprint density at radius 2 is 1.89 bits per heavy atom. The highest BCUT2D eigenvalue weighted by Gasteiger charge is 2.39. The molecule has 2 rings (SSSR count). The van der Waals surface area contributed by atoms with Crippen LogP contribution >= 0.6 is 0 Å². The molecule has 2 aliphatic rings. The number of nitrogens with zero attached hydrogens (tertiary/aromatic N) is 1. The van der Waals surface area contributed by atoms with E-state index in [1.54, 1.807) is 7.11 Å². The van der Waals surface area contributed by atoms with Crippen LogP contribution in [-0.2, 0) is 14.3 Å². The van der Waals surface area contributed by atoms with Crippen molar-refractivity contribution in [3.8, 4) is 0 Å². The zero-order valence-corrected chi connectivity index (χ0v) is 11.5. The van der Waals surface area contributed by atoms with Crippen LogP contribution in [0.25, 0.3) is 0 Å². The van der Waals surface area contributed by atoms with Crippen molar-refractivity contribution >= 4 is 11.9 Å². The van der Waals surface area contributed by atoms with E-state index in [0.717, 1.165) is 38.8 Å². The van der Waals surface area contributed by atoms with E-state index in [0.29, 0.717) is 18.9 Å². The van der Waals surface area contributed by atoms with E-state index < -0.39 is 11.9 Å². The lowest BCUT2D eigenvalue weighted by Crippen LogP contribution is -2.41. The Hall–Kier alpha value is -1.10. The largest absolute Gasteiger partial charge is 0.481 e. The minimum absolute atomic E-state index is 0.0469. The number of rotatable bonds is 4. The molecule has 19 heavy (non-hydrogen) atoms. The van der Waals surface area contributed by atoms with Crippen molar-refractivity contribution in [2.75, 3.05) is 26.8 Å². The predicted octanol–water partition coefficient (Wildman–Crippen LogP) is 1.37. The van der Waals surface area contributed by atoms with Crippen molar-refractivity contribution in [3.05, 3.63) is 0 Å². The average molecular weight is 269 g/mol. The van der Waals surface area contributed by atoms with E-state index >= 15 is 0 Å². The van der Waals surface area contributed by atoms with Crippen LogP contribution < -0.4 is 0 Å². The fourth-order valence-corrected chi connectivity index (χ4v) is 3.36. The van der Waals surface area contributed by atoms with Crippen LogP contribution in [0.3, 0.4) is 0 Å². The normalized spacial score (nSPS) is 31.4. The summed E-state index contributed by atoms with van der Waals surface area (Å²) in [6.45, 7) is 2.14. The van der Waals surface area contributed by atoms with Gasteiger partial charge >= 0.3 is 5.97 Å². The Balaban J connectivity index is 1.96. The summed E-state index contributed by atoms with van der Waals surface area (Å²) in [6, 6.07) is 0. The van der Waals surface area contributed by atoms with Gasteiger partial charge in [0.1, 0.15) is 0 Å². The second kappa shape index (κ2) is 6.37. The summed E-state index contributed by atoms with van der Waals surface area (Å²) >= 11 is 0. The number of carboxylic acids is 1. The monoisotopic (exact) mass is 269 g/mol. The van der Waals surface area contributed by atoms with Gasteiger partial charge in [-0.15, -0.1) is 0 Å². The molecule has 108 valence electrons. The molecule has 0 bridgehead atoms. The van der Waals surface area contributed by atoms with Crippen LogP contribution in [0.1, 0.15) is 32.1 Å². The van der Waals surface area contributed by atoms with Gasteiger partial charge in [-0.3, -0.25) is 9.59 Å². The van der Waals surface area contributed by atoms with Gasteiger partial charge in [0.25, 0.3) is 0 Å². The third kappa shape index (κ3) is 3.26. The lowest BCUT2D eigenvalue weighted by molar-refractivity contribution is -0.152. The highest BCUT2D eigenvalue weighted by molar-refractivity contribution is 5.85. The van der Waals surface area contributed by atoms with E-state index in [4.69, 9.17) is 4.74 Å². The Morgan fingerprint density at radius 1 is 1.21 bits per heavy atom. The molecule has 5 nitrogen and oxygen atoms in total. The van der Waals surface area contributed by atoms with Crippen molar-refractivity contribution in [1.29, 1.82) is 0 Å². The van der Waals surface area contributed by atoms with Gasteiger partial charge < -0.3 is 14.7 Å². The van der Waals surface area contributed by atoms with Crippen molar-refractivity contribution in [2.24, 2.45) is 17.8 Å². The average Bonchev–Trinajstić information content (AvgIpc) is 2.87. The van der Waals surface area contributed by atoms with Gasteiger partial charge in [-0.1, -0.05) is 12.8 Å². The maximum atomic E-state index is 12.5. The zero-order chi connectivity index (χ0) is 13.8. The number of methoxy groups -OCH3 is 1. The molecule has 0 spiro atoms. The number of hydrogen-bond donors (Lipinski definition) is 1. The third-order valence-corrected chi connectivity index (χ3v) is 4.40. The van der Waals surface area contributed by atoms with E-state index in [1.165, 1.54) is 0 Å². The highest BCUT2D eigenvalue weighted by Crippen LogP contribution is 2.33. The zero-order valence-electron chi connectivity index (χ0n) is 11.5. The van der Waals surface area contributed by atoms with E-state index in [9.17, 15) is 14.7 Å². The van der Waals surface area contributed by atoms with Gasteiger partial charge in [0.05, 0.1) is 18.4 Å². The van der Waals surface area contributed by atoms with Gasteiger partial charge in [-0.05, 0) is 19.3 Å². The standard InChI is InChI=1S/C14H23NO4/c1-19-9-10-6-7-15(8-10)13(16)11-4-2-3-5-12(11)14(17)18/h10-12H,2-9H2,1H3,(H,17,18)/t10?,11-,12+/m1/s1. The molecule has 0 radical (unpaired) electrons. The number of carboxylic acid groups (broad SMARTS) is 1. The molecule has 5 heteroatoms. The van der Waals surface area contributed by atoms with E-state index in [1.807, 2.05) is 4.90 Å². The SMILES string of the molecule is COCC1CCN(C(=O)[C@@H]2CCCC[C@@H]2C(=O)O)C1. The third-order valence-electron chi connectivity index (χ3n) is 4.40. The molecule has 1 saturated carbocycles. The summed E-state index contributed by atoms with van der Waals surface area (Å²) in [5.41, 5.74) is 0. The number of carbonyl (C=O) groups is 2. The maximum absolute atomic E-state index is 12.5. The Morgan fingerprint density at radius 3 is 2.53 bits per heavy atom. The lowest BCUT2D eigenvalue weighted by Gasteiger charge is -2.31. The van der Waals surface area contributed by atoms with Gasteiger partial charge in [-0.25, -0.2) is 0 Å². The maximum Gasteiger partial charge on any atom is 0.307 e. The number of aliphatic carboxylic acids is 1. The van der Waals surface area contributed by atoms with E-state index in [-0.39, 0.29) is 11.8 Å². The number of ether oxygens (including phenoxy) is 1. The first-order chi connectivity index (χ1) is 9.13. The molecular formula is C14H23NO4. The summed E-state index contributed by atoms with van der Waals surface area (Å²) in [5.74, 6) is -1.16. The van der Waals surface area contributed by atoms with E-state index in [2.05, 4.69) is 0 Å². The smallest absolute Gasteiger partial charge is 0.307 e. The molecule has 0 aromatic carbocycles. The molecule has 1 heterocycles. The highest BCUT2D eigenvalue weighted by atomic mass is 16.5. The summed E-state index contributed by atoms with van der Waals surface area (Å²) < 4.78 is 5.13. The minimum atomic E-state index is -0.814. The first-order valence-corrected chi connectivity index (χ1v) is 7.14.